The number of rotatable bonds is 3. The molecule has 6 nitrogen and oxygen atoms in total. The number of furan rings is 1. The van der Waals surface area contributed by atoms with Crippen molar-refractivity contribution >= 4 is 12.0 Å². The molecule has 1 aliphatic rings. The molecule has 0 saturated carbocycles. The molecule has 0 unspecified atom stereocenters. The molecule has 23 heavy (non-hydrogen) atoms. The van der Waals surface area contributed by atoms with Crippen molar-refractivity contribution in [2.24, 2.45) is 0 Å². The first kappa shape index (κ1) is 17.3. The highest BCUT2D eigenvalue weighted by Crippen LogP contribution is 2.25. The average molecular weight is 326 g/mol. The van der Waals surface area contributed by atoms with E-state index in [-0.39, 0.29) is 25.4 Å². The number of alkyl halides is 1. The zero-order valence-corrected chi connectivity index (χ0v) is 13.9. The molecule has 2 amide bonds. The van der Waals surface area contributed by atoms with Crippen molar-refractivity contribution in [1.29, 1.82) is 0 Å². The highest BCUT2D eigenvalue weighted by molar-refractivity contribution is 5.86. The van der Waals surface area contributed by atoms with Gasteiger partial charge in [0.2, 0.25) is 5.91 Å². The highest BCUT2D eigenvalue weighted by Gasteiger charge is 2.42. The third-order valence-corrected chi connectivity index (χ3v) is 3.51. The number of likely N-dealkylation sites (tertiary alicyclic amines) is 1. The van der Waals surface area contributed by atoms with Crippen molar-refractivity contribution in [3.63, 3.8) is 0 Å². The van der Waals surface area contributed by atoms with Gasteiger partial charge in [0, 0.05) is 13.5 Å². The summed E-state index contributed by atoms with van der Waals surface area (Å²) in [6, 6.07) is 2.63. The van der Waals surface area contributed by atoms with Crippen molar-refractivity contribution in [2.75, 3.05) is 13.6 Å². The van der Waals surface area contributed by atoms with Gasteiger partial charge < -0.3 is 14.1 Å². The third kappa shape index (κ3) is 4.46. The Labute approximate surface area is 135 Å². The summed E-state index contributed by atoms with van der Waals surface area (Å²) in [7, 11) is 1.60. The van der Waals surface area contributed by atoms with Gasteiger partial charge in [-0.05, 0) is 32.9 Å². The van der Waals surface area contributed by atoms with Crippen molar-refractivity contribution in [3.05, 3.63) is 24.2 Å². The molecule has 0 spiro atoms. The van der Waals surface area contributed by atoms with Crippen LogP contribution in [-0.4, -0.2) is 53.2 Å². The fraction of sp³-hybridized carbons (Fsp3) is 0.625. The first-order valence-electron chi connectivity index (χ1n) is 7.58. The van der Waals surface area contributed by atoms with Gasteiger partial charge in [0.05, 0.1) is 19.4 Å². The van der Waals surface area contributed by atoms with Crippen molar-refractivity contribution in [2.45, 2.75) is 51.6 Å². The van der Waals surface area contributed by atoms with E-state index in [1.807, 2.05) is 0 Å². The van der Waals surface area contributed by atoms with Crippen molar-refractivity contribution < 1.29 is 23.1 Å². The van der Waals surface area contributed by atoms with Crippen LogP contribution in [0.4, 0.5) is 9.18 Å². The van der Waals surface area contributed by atoms with Gasteiger partial charge in [0.1, 0.15) is 23.6 Å². The summed E-state index contributed by atoms with van der Waals surface area (Å²) in [5.74, 6) is 0.298. The smallest absolute Gasteiger partial charge is 0.411 e. The van der Waals surface area contributed by atoms with Gasteiger partial charge in [0.15, 0.2) is 0 Å². The Morgan fingerprint density at radius 1 is 1.48 bits per heavy atom. The number of hydrogen-bond donors (Lipinski definition) is 0. The Balaban J connectivity index is 2.05. The largest absolute Gasteiger partial charge is 0.467 e. The van der Waals surface area contributed by atoms with Crippen LogP contribution in [0.15, 0.2) is 22.8 Å². The van der Waals surface area contributed by atoms with Gasteiger partial charge in [-0.1, -0.05) is 0 Å². The second-order valence-electron chi connectivity index (χ2n) is 6.76. The van der Waals surface area contributed by atoms with Crippen LogP contribution in [0.5, 0.6) is 0 Å². The van der Waals surface area contributed by atoms with Crippen LogP contribution in [-0.2, 0) is 16.1 Å². The lowest BCUT2D eigenvalue weighted by atomic mass is 10.2. The Hall–Kier alpha value is -2.05. The molecule has 2 heterocycles. The first-order chi connectivity index (χ1) is 10.7. The van der Waals surface area contributed by atoms with E-state index >= 15 is 0 Å². The molecule has 1 aliphatic heterocycles. The molecular formula is C16H23FN2O4. The van der Waals surface area contributed by atoms with Gasteiger partial charge in [0.25, 0.3) is 0 Å². The number of likely N-dealkylation sites (N-methyl/N-ethyl adjacent to an activating group) is 1. The molecule has 1 aromatic heterocycles. The minimum absolute atomic E-state index is 0.0133. The van der Waals surface area contributed by atoms with Crippen LogP contribution >= 0.6 is 0 Å². The Morgan fingerprint density at radius 3 is 2.74 bits per heavy atom. The lowest BCUT2D eigenvalue weighted by Crippen LogP contribution is -2.47. The van der Waals surface area contributed by atoms with Crippen LogP contribution in [0.3, 0.4) is 0 Å². The minimum Gasteiger partial charge on any atom is -0.467 e. The highest BCUT2D eigenvalue weighted by atomic mass is 19.1. The minimum atomic E-state index is -1.23. The summed E-state index contributed by atoms with van der Waals surface area (Å²) in [6.07, 6.45) is -0.384. The molecule has 0 aliphatic carbocycles. The predicted molar refractivity (Wildman–Crippen MR) is 81.4 cm³/mol. The van der Waals surface area contributed by atoms with E-state index in [1.54, 1.807) is 40.0 Å². The topological polar surface area (TPSA) is 63.0 Å². The number of hydrogen-bond acceptors (Lipinski definition) is 4. The maximum Gasteiger partial charge on any atom is 0.411 e. The summed E-state index contributed by atoms with van der Waals surface area (Å²) >= 11 is 0. The SMILES string of the molecule is CN(Cc1ccco1)C(=O)[C@H]1C[C@H](F)CN1C(=O)OC(C)(C)C. The summed E-state index contributed by atoms with van der Waals surface area (Å²) < 4.78 is 24.3. The lowest BCUT2D eigenvalue weighted by Gasteiger charge is -2.29. The van der Waals surface area contributed by atoms with Crippen LogP contribution in [0.2, 0.25) is 0 Å². The maximum atomic E-state index is 13.8. The van der Waals surface area contributed by atoms with E-state index < -0.39 is 23.9 Å². The van der Waals surface area contributed by atoms with Crippen molar-refractivity contribution in [1.82, 2.24) is 9.80 Å². The molecule has 128 valence electrons. The summed E-state index contributed by atoms with van der Waals surface area (Å²) in [5.41, 5.74) is -0.695. The fourth-order valence-electron chi connectivity index (χ4n) is 2.51. The fourth-order valence-corrected chi connectivity index (χ4v) is 2.51. The Bertz CT molecular complexity index is 553. The first-order valence-corrected chi connectivity index (χ1v) is 7.58. The number of carbonyl (C=O) groups excluding carboxylic acids is 2. The number of nitrogens with zero attached hydrogens (tertiary/aromatic N) is 2. The molecule has 0 aromatic carbocycles. The third-order valence-electron chi connectivity index (χ3n) is 3.51. The second-order valence-corrected chi connectivity index (χ2v) is 6.76. The molecule has 0 bridgehead atoms. The van der Waals surface area contributed by atoms with E-state index in [4.69, 9.17) is 9.15 Å². The summed E-state index contributed by atoms with van der Waals surface area (Å²) in [4.78, 5) is 27.4. The molecule has 1 saturated heterocycles. The molecule has 0 N–H and O–H groups in total. The van der Waals surface area contributed by atoms with Gasteiger partial charge in [-0.2, -0.15) is 0 Å². The zero-order chi connectivity index (χ0) is 17.2. The number of ether oxygens (including phenoxy) is 1. The zero-order valence-electron chi connectivity index (χ0n) is 13.9. The number of halogens is 1. The van der Waals surface area contributed by atoms with Crippen LogP contribution in [0.1, 0.15) is 33.0 Å². The molecule has 0 radical (unpaired) electrons. The molecule has 2 rings (SSSR count). The van der Waals surface area contributed by atoms with Crippen LogP contribution < -0.4 is 0 Å². The average Bonchev–Trinajstić information content (AvgIpc) is 3.05. The van der Waals surface area contributed by atoms with Crippen LogP contribution in [0, 0.1) is 0 Å². The van der Waals surface area contributed by atoms with Gasteiger partial charge in [-0.15, -0.1) is 0 Å². The predicted octanol–water partition coefficient (Wildman–Crippen LogP) is 2.59. The Kier molecular flexibility index (Phi) is 4.97. The molecule has 7 heteroatoms. The summed E-state index contributed by atoms with van der Waals surface area (Å²) in [6.45, 7) is 5.33. The van der Waals surface area contributed by atoms with Gasteiger partial charge in [-0.25, -0.2) is 9.18 Å². The number of amides is 2. The van der Waals surface area contributed by atoms with E-state index in [1.165, 1.54) is 16.1 Å². The number of carbonyl (C=O) groups is 2. The van der Waals surface area contributed by atoms with E-state index in [0.717, 1.165) is 0 Å². The van der Waals surface area contributed by atoms with E-state index in [9.17, 15) is 14.0 Å². The lowest BCUT2D eigenvalue weighted by molar-refractivity contribution is -0.135. The van der Waals surface area contributed by atoms with E-state index in [2.05, 4.69) is 0 Å². The van der Waals surface area contributed by atoms with Gasteiger partial charge >= 0.3 is 6.09 Å². The standard InChI is InChI=1S/C16H23FN2O4/c1-16(2,3)23-15(21)19-9-11(17)8-13(19)14(20)18(4)10-12-6-5-7-22-12/h5-7,11,13H,8-10H2,1-4H3/t11-,13+/m0/s1. The second kappa shape index (κ2) is 6.60. The monoisotopic (exact) mass is 326 g/mol. The van der Waals surface area contributed by atoms with Gasteiger partial charge in [-0.3, -0.25) is 9.69 Å². The summed E-state index contributed by atoms with van der Waals surface area (Å²) in [5, 5.41) is 0. The van der Waals surface area contributed by atoms with E-state index in [0.29, 0.717) is 5.76 Å². The van der Waals surface area contributed by atoms with Crippen molar-refractivity contribution in [3.8, 4) is 0 Å². The molecule has 1 aromatic rings. The molecule has 1 fully saturated rings. The Morgan fingerprint density at radius 2 is 2.17 bits per heavy atom. The maximum absolute atomic E-state index is 13.8. The quantitative estimate of drug-likeness (QED) is 0.856. The molecular weight excluding hydrogens is 303 g/mol. The molecule has 2 atom stereocenters. The van der Waals surface area contributed by atoms with Crippen LogP contribution in [0.25, 0.3) is 0 Å². The normalized spacial score (nSPS) is 21.3.